The lowest BCUT2D eigenvalue weighted by atomic mass is 10.2. The van der Waals surface area contributed by atoms with Gasteiger partial charge in [-0.25, -0.2) is 17.5 Å². The lowest BCUT2D eigenvalue weighted by Gasteiger charge is -2.07. The van der Waals surface area contributed by atoms with Gasteiger partial charge in [0.2, 0.25) is 10.0 Å². The molecule has 1 heterocycles. The molecule has 2 rings (SSSR count). The predicted molar refractivity (Wildman–Crippen MR) is 77.1 cm³/mol. The molecule has 2 aromatic rings. The average Bonchev–Trinajstić information content (AvgIpc) is 2.41. The summed E-state index contributed by atoms with van der Waals surface area (Å²) >= 11 is 2.98. The van der Waals surface area contributed by atoms with Gasteiger partial charge in [-0.2, -0.15) is 0 Å². The van der Waals surface area contributed by atoms with E-state index in [0.717, 1.165) is 17.3 Å². The van der Waals surface area contributed by atoms with E-state index in [1.165, 1.54) is 12.1 Å². The first kappa shape index (κ1) is 15.1. The van der Waals surface area contributed by atoms with E-state index in [9.17, 15) is 12.8 Å². The monoisotopic (exact) mass is 358 g/mol. The van der Waals surface area contributed by atoms with Crippen molar-refractivity contribution in [2.24, 2.45) is 0 Å². The number of pyridine rings is 1. The topological polar surface area (TPSA) is 59.1 Å². The lowest BCUT2D eigenvalue weighted by molar-refractivity contribution is 0.576. The molecule has 0 spiro atoms. The summed E-state index contributed by atoms with van der Waals surface area (Å²) in [4.78, 5) is 3.96. The van der Waals surface area contributed by atoms with Crippen LogP contribution in [0, 0.1) is 12.7 Å². The molecule has 7 heteroatoms. The lowest BCUT2D eigenvalue weighted by Crippen LogP contribution is -2.23. The fourth-order valence-electron chi connectivity index (χ4n) is 1.51. The van der Waals surface area contributed by atoms with Gasteiger partial charge in [0.1, 0.15) is 5.82 Å². The molecule has 1 aromatic heterocycles. The number of rotatable bonds is 4. The van der Waals surface area contributed by atoms with E-state index in [1.807, 2.05) is 6.92 Å². The van der Waals surface area contributed by atoms with E-state index in [0.29, 0.717) is 0 Å². The van der Waals surface area contributed by atoms with Gasteiger partial charge in [-0.15, -0.1) is 0 Å². The van der Waals surface area contributed by atoms with Crippen LogP contribution in [0.1, 0.15) is 11.3 Å². The molecule has 0 atom stereocenters. The maximum absolute atomic E-state index is 13.4. The van der Waals surface area contributed by atoms with Crippen LogP contribution in [0.25, 0.3) is 0 Å². The molecule has 0 fully saturated rings. The summed E-state index contributed by atoms with van der Waals surface area (Å²) in [5.74, 6) is -0.620. The van der Waals surface area contributed by atoms with Crippen LogP contribution in [0.2, 0.25) is 0 Å². The van der Waals surface area contributed by atoms with Crippen molar-refractivity contribution in [1.29, 1.82) is 0 Å². The minimum Gasteiger partial charge on any atom is -0.261 e. The van der Waals surface area contributed by atoms with E-state index >= 15 is 0 Å². The molecule has 0 aliphatic carbocycles. The van der Waals surface area contributed by atoms with Crippen molar-refractivity contribution in [2.45, 2.75) is 18.4 Å². The Labute approximate surface area is 125 Å². The van der Waals surface area contributed by atoms with E-state index < -0.39 is 15.8 Å². The highest BCUT2D eigenvalue weighted by Gasteiger charge is 2.15. The van der Waals surface area contributed by atoms with Crippen LogP contribution < -0.4 is 4.72 Å². The number of aromatic nitrogens is 1. The first-order valence-corrected chi connectivity index (χ1v) is 8.02. The molecular weight excluding hydrogens is 347 g/mol. The van der Waals surface area contributed by atoms with Crippen LogP contribution in [-0.2, 0) is 16.6 Å². The van der Waals surface area contributed by atoms with Gasteiger partial charge >= 0.3 is 0 Å². The molecular formula is C13H12BrFN2O2S. The number of nitrogens with zero attached hydrogens (tertiary/aromatic N) is 1. The number of hydrogen-bond donors (Lipinski definition) is 1. The number of hydrogen-bond acceptors (Lipinski definition) is 3. The Morgan fingerprint density at radius 3 is 2.65 bits per heavy atom. The summed E-state index contributed by atoms with van der Waals surface area (Å²) in [6.07, 6.45) is 1.60. The predicted octanol–water partition coefficient (Wildman–Crippen LogP) is 2.77. The second kappa shape index (κ2) is 5.99. The van der Waals surface area contributed by atoms with Crippen molar-refractivity contribution < 1.29 is 12.8 Å². The molecule has 1 N–H and O–H groups in total. The van der Waals surface area contributed by atoms with E-state index in [2.05, 4.69) is 25.6 Å². The Morgan fingerprint density at radius 1 is 1.30 bits per heavy atom. The average molecular weight is 359 g/mol. The van der Waals surface area contributed by atoms with Crippen molar-refractivity contribution in [1.82, 2.24) is 9.71 Å². The second-order valence-corrected chi connectivity index (χ2v) is 6.83. The van der Waals surface area contributed by atoms with Crippen molar-refractivity contribution in [3.05, 3.63) is 58.1 Å². The van der Waals surface area contributed by atoms with Crippen LogP contribution in [0.4, 0.5) is 4.39 Å². The van der Waals surface area contributed by atoms with E-state index in [4.69, 9.17) is 0 Å². The summed E-state index contributed by atoms with van der Waals surface area (Å²) in [7, 11) is -3.75. The zero-order valence-electron chi connectivity index (χ0n) is 10.6. The Morgan fingerprint density at radius 2 is 2.05 bits per heavy atom. The Balaban J connectivity index is 2.14. The van der Waals surface area contributed by atoms with Crippen LogP contribution in [0.5, 0.6) is 0 Å². The number of sulfonamides is 1. The Hall–Kier alpha value is -1.31. The standard InChI is InChI=1S/C13H12BrFN2O2S/c1-9-2-3-10(7-16-9)8-17-20(18,19)11-4-5-12(14)13(15)6-11/h2-7,17H,8H2,1H3. The molecule has 1 aromatic carbocycles. The maximum atomic E-state index is 13.4. The minimum absolute atomic E-state index is 0.104. The molecule has 0 aliphatic rings. The Bertz CT molecular complexity index is 718. The minimum atomic E-state index is -3.75. The van der Waals surface area contributed by atoms with E-state index in [1.54, 1.807) is 18.3 Å². The fraction of sp³-hybridized carbons (Fsp3) is 0.154. The molecule has 0 amide bonds. The number of benzene rings is 1. The first-order chi connectivity index (χ1) is 9.38. The third kappa shape index (κ3) is 3.62. The Kier molecular flexibility index (Phi) is 4.52. The summed E-state index contributed by atoms with van der Waals surface area (Å²) in [5.41, 5.74) is 1.59. The third-order valence-electron chi connectivity index (χ3n) is 2.64. The second-order valence-electron chi connectivity index (χ2n) is 4.21. The molecule has 4 nitrogen and oxygen atoms in total. The summed E-state index contributed by atoms with van der Waals surface area (Å²) in [6, 6.07) is 7.25. The van der Waals surface area contributed by atoms with Gasteiger partial charge in [0.25, 0.3) is 0 Å². The number of aryl methyl sites for hydroxylation is 1. The quantitative estimate of drug-likeness (QED) is 0.913. The summed E-state index contributed by atoms with van der Waals surface area (Å²) in [5, 5.41) is 0. The van der Waals surface area contributed by atoms with Gasteiger partial charge in [-0.3, -0.25) is 4.98 Å². The van der Waals surface area contributed by atoms with Crippen LogP contribution >= 0.6 is 15.9 Å². The zero-order chi connectivity index (χ0) is 14.8. The SMILES string of the molecule is Cc1ccc(CNS(=O)(=O)c2ccc(Br)c(F)c2)cn1. The summed E-state index contributed by atoms with van der Waals surface area (Å²) in [6.45, 7) is 1.95. The van der Waals surface area contributed by atoms with Crippen LogP contribution in [0.15, 0.2) is 45.9 Å². The van der Waals surface area contributed by atoms with Gasteiger partial charge in [-0.05, 0) is 52.7 Å². The number of nitrogens with one attached hydrogen (secondary N) is 1. The highest BCUT2D eigenvalue weighted by molar-refractivity contribution is 9.10. The molecule has 106 valence electrons. The summed E-state index contributed by atoms with van der Waals surface area (Å²) < 4.78 is 40.0. The van der Waals surface area contributed by atoms with Crippen molar-refractivity contribution in [3.63, 3.8) is 0 Å². The fourth-order valence-corrected chi connectivity index (χ4v) is 2.78. The zero-order valence-corrected chi connectivity index (χ0v) is 13.0. The number of halogens is 2. The highest BCUT2D eigenvalue weighted by atomic mass is 79.9. The molecule has 20 heavy (non-hydrogen) atoms. The van der Waals surface area contributed by atoms with Crippen molar-refractivity contribution >= 4 is 26.0 Å². The smallest absolute Gasteiger partial charge is 0.240 e. The van der Waals surface area contributed by atoms with Crippen molar-refractivity contribution in [2.75, 3.05) is 0 Å². The van der Waals surface area contributed by atoms with Gasteiger partial charge < -0.3 is 0 Å². The molecule has 0 unspecified atom stereocenters. The van der Waals surface area contributed by atoms with Crippen LogP contribution in [-0.4, -0.2) is 13.4 Å². The van der Waals surface area contributed by atoms with Gasteiger partial charge in [0.05, 0.1) is 9.37 Å². The maximum Gasteiger partial charge on any atom is 0.240 e. The van der Waals surface area contributed by atoms with Crippen LogP contribution in [0.3, 0.4) is 0 Å². The van der Waals surface area contributed by atoms with Crippen molar-refractivity contribution in [3.8, 4) is 0 Å². The molecule has 0 radical (unpaired) electrons. The molecule has 0 aliphatic heterocycles. The third-order valence-corrected chi connectivity index (χ3v) is 4.68. The largest absolute Gasteiger partial charge is 0.261 e. The first-order valence-electron chi connectivity index (χ1n) is 5.75. The van der Waals surface area contributed by atoms with Gasteiger partial charge in [-0.1, -0.05) is 6.07 Å². The molecule has 0 bridgehead atoms. The van der Waals surface area contributed by atoms with Gasteiger partial charge in [0, 0.05) is 18.4 Å². The van der Waals surface area contributed by atoms with Gasteiger partial charge in [0.15, 0.2) is 0 Å². The molecule has 0 saturated heterocycles. The highest BCUT2D eigenvalue weighted by Crippen LogP contribution is 2.19. The molecule has 0 saturated carbocycles. The normalized spacial score (nSPS) is 11.6. The van der Waals surface area contributed by atoms with E-state index in [-0.39, 0.29) is 15.9 Å².